The molecule has 0 aliphatic carbocycles. The third kappa shape index (κ3) is 5.76. The lowest BCUT2D eigenvalue weighted by atomic mass is 10.2. The molecule has 3 N–H and O–H groups in total. The van der Waals surface area contributed by atoms with E-state index in [0.717, 1.165) is 35.1 Å². The number of thioether (sulfide) groups is 1. The number of hydrogen-bond acceptors (Lipinski definition) is 3. The fraction of sp³-hybridized carbons (Fsp3) is 0.462. The van der Waals surface area contributed by atoms with Crippen molar-refractivity contribution < 1.29 is 4.79 Å². The van der Waals surface area contributed by atoms with Gasteiger partial charge in [0.15, 0.2) is 0 Å². The lowest BCUT2D eigenvalue weighted by Gasteiger charge is -2.14. The third-order valence-corrected chi connectivity index (χ3v) is 3.77. The summed E-state index contributed by atoms with van der Waals surface area (Å²) >= 11 is 7.52. The van der Waals surface area contributed by atoms with E-state index in [-0.39, 0.29) is 11.9 Å². The van der Waals surface area contributed by atoms with Gasteiger partial charge in [0.05, 0.1) is 6.04 Å². The number of halogens is 1. The van der Waals surface area contributed by atoms with E-state index in [1.54, 1.807) is 11.8 Å². The van der Waals surface area contributed by atoms with Crippen molar-refractivity contribution in [2.45, 2.75) is 30.7 Å². The van der Waals surface area contributed by atoms with Crippen molar-refractivity contribution in [2.75, 3.05) is 12.3 Å². The van der Waals surface area contributed by atoms with Crippen molar-refractivity contribution in [1.29, 1.82) is 0 Å². The molecule has 0 aromatic heterocycles. The van der Waals surface area contributed by atoms with E-state index in [1.165, 1.54) is 0 Å². The molecule has 0 aliphatic heterocycles. The van der Waals surface area contributed by atoms with Crippen molar-refractivity contribution in [1.82, 2.24) is 5.32 Å². The van der Waals surface area contributed by atoms with E-state index < -0.39 is 0 Å². The number of carbonyl (C=O) groups excluding carboxylic acids is 1. The molecule has 0 heterocycles. The summed E-state index contributed by atoms with van der Waals surface area (Å²) in [5, 5.41) is 3.89. The normalized spacial score (nSPS) is 12.3. The fourth-order valence-corrected chi connectivity index (χ4v) is 2.53. The van der Waals surface area contributed by atoms with Crippen LogP contribution in [0.5, 0.6) is 0 Å². The summed E-state index contributed by atoms with van der Waals surface area (Å²) in [6, 6.07) is 7.46. The predicted octanol–water partition coefficient (Wildman–Crippen LogP) is 2.68. The van der Waals surface area contributed by atoms with Crippen LogP contribution in [0.2, 0.25) is 5.02 Å². The minimum absolute atomic E-state index is 0.232. The zero-order valence-electron chi connectivity index (χ0n) is 10.5. The molecular formula is C13H19ClN2OS. The molecule has 0 fully saturated rings. The summed E-state index contributed by atoms with van der Waals surface area (Å²) in [5.74, 6) is 0.575. The van der Waals surface area contributed by atoms with Gasteiger partial charge < -0.3 is 11.1 Å². The van der Waals surface area contributed by atoms with Gasteiger partial charge in [-0.25, -0.2) is 0 Å². The Balaban J connectivity index is 2.34. The molecule has 0 aliphatic rings. The fourth-order valence-electron chi connectivity index (χ4n) is 1.49. The highest BCUT2D eigenvalue weighted by atomic mass is 35.5. The molecule has 0 radical (unpaired) electrons. The van der Waals surface area contributed by atoms with Gasteiger partial charge in [-0.2, -0.15) is 0 Å². The molecule has 0 saturated carbocycles. The average Bonchev–Trinajstić information content (AvgIpc) is 2.35. The van der Waals surface area contributed by atoms with E-state index in [9.17, 15) is 4.79 Å². The molecule has 1 rings (SSSR count). The Bertz CT molecular complexity index is 370. The number of carbonyl (C=O) groups is 1. The minimum atomic E-state index is -0.278. The number of rotatable bonds is 8. The Hall–Kier alpha value is -0.710. The van der Waals surface area contributed by atoms with Gasteiger partial charge >= 0.3 is 0 Å². The van der Waals surface area contributed by atoms with Crippen LogP contribution in [-0.4, -0.2) is 24.2 Å². The van der Waals surface area contributed by atoms with Crippen molar-refractivity contribution in [3.05, 3.63) is 29.3 Å². The van der Waals surface area contributed by atoms with Crippen LogP contribution in [0.3, 0.4) is 0 Å². The number of benzene rings is 1. The van der Waals surface area contributed by atoms with Gasteiger partial charge in [-0.3, -0.25) is 4.79 Å². The Morgan fingerprint density at radius 1 is 1.44 bits per heavy atom. The molecule has 1 amide bonds. The van der Waals surface area contributed by atoms with Crippen LogP contribution in [0, 0.1) is 0 Å². The van der Waals surface area contributed by atoms with Crippen LogP contribution in [0.25, 0.3) is 0 Å². The number of nitrogens with two attached hydrogens (primary N) is 1. The van der Waals surface area contributed by atoms with E-state index >= 15 is 0 Å². The molecule has 1 aromatic carbocycles. The van der Waals surface area contributed by atoms with Gasteiger partial charge in [0.25, 0.3) is 0 Å². The van der Waals surface area contributed by atoms with Gasteiger partial charge in [-0.1, -0.05) is 18.5 Å². The average molecular weight is 287 g/mol. The highest BCUT2D eigenvalue weighted by Crippen LogP contribution is 2.21. The SMILES string of the molecule is CCCNC(CCSc1ccc(Cl)cc1)C(N)=O. The van der Waals surface area contributed by atoms with Crippen molar-refractivity contribution in [3.8, 4) is 0 Å². The van der Waals surface area contributed by atoms with Crippen LogP contribution < -0.4 is 11.1 Å². The van der Waals surface area contributed by atoms with Gasteiger partial charge in [0, 0.05) is 9.92 Å². The van der Waals surface area contributed by atoms with Crippen molar-refractivity contribution in [3.63, 3.8) is 0 Å². The lowest BCUT2D eigenvalue weighted by Crippen LogP contribution is -2.41. The van der Waals surface area contributed by atoms with E-state index in [4.69, 9.17) is 17.3 Å². The summed E-state index contributed by atoms with van der Waals surface area (Å²) in [5.41, 5.74) is 5.35. The standard InChI is InChI=1S/C13H19ClN2OS/c1-2-8-16-12(13(15)17)7-9-18-11-5-3-10(14)4-6-11/h3-6,12,16H,2,7-9H2,1H3,(H2,15,17). The van der Waals surface area contributed by atoms with Crippen LogP contribution in [0.15, 0.2) is 29.2 Å². The van der Waals surface area contributed by atoms with Gasteiger partial charge in [-0.15, -0.1) is 11.8 Å². The first-order valence-electron chi connectivity index (χ1n) is 6.04. The second kappa shape index (κ2) is 8.40. The first kappa shape index (κ1) is 15.3. The Morgan fingerprint density at radius 2 is 2.11 bits per heavy atom. The van der Waals surface area contributed by atoms with Gasteiger partial charge in [-0.05, 0) is 49.4 Å². The molecule has 0 bridgehead atoms. The van der Waals surface area contributed by atoms with Crippen LogP contribution in [0.4, 0.5) is 0 Å². The summed E-state index contributed by atoms with van der Waals surface area (Å²) in [7, 11) is 0. The molecule has 0 saturated heterocycles. The first-order chi connectivity index (χ1) is 8.63. The molecule has 3 nitrogen and oxygen atoms in total. The van der Waals surface area contributed by atoms with Crippen LogP contribution in [0.1, 0.15) is 19.8 Å². The first-order valence-corrected chi connectivity index (χ1v) is 7.41. The minimum Gasteiger partial charge on any atom is -0.368 e. The Labute approximate surface area is 117 Å². The maximum atomic E-state index is 11.2. The van der Waals surface area contributed by atoms with Crippen LogP contribution in [-0.2, 0) is 4.79 Å². The van der Waals surface area contributed by atoms with E-state index in [1.807, 2.05) is 24.3 Å². The van der Waals surface area contributed by atoms with E-state index in [2.05, 4.69) is 12.2 Å². The molecule has 0 spiro atoms. The van der Waals surface area contributed by atoms with Crippen molar-refractivity contribution >= 4 is 29.3 Å². The third-order valence-electron chi connectivity index (χ3n) is 2.47. The van der Waals surface area contributed by atoms with Crippen molar-refractivity contribution in [2.24, 2.45) is 5.73 Å². The lowest BCUT2D eigenvalue weighted by molar-refractivity contribution is -0.120. The summed E-state index contributed by atoms with van der Waals surface area (Å²) in [6.45, 7) is 2.88. The van der Waals surface area contributed by atoms with E-state index in [0.29, 0.717) is 0 Å². The largest absolute Gasteiger partial charge is 0.368 e. The molecule has 1 unspecified atom stereocenters. The Morgan fingerprint density at radius 3 is 2.67 bits per heavy atom. The smallest absolute Gasteiger partial charge is 0.234 e. The summed E-state index contributed by atoms with van der Waals surface area (Å²) in [4.78, 5) is 12.4. The number of amides is 1. The maximum Gasteiger partial charge on any atom is 0.234 e. The maximum absolute atomic E-state index is 11.2. The highest BCUT2D eigenvalue weighted by Gasteiger charge is 2.13. The molecule has 1 aromatic rings. The summed E-state index contributed by atoms with van der Waals surface area (Å²) < 4.78 is 0. The quantitative estimate of drug-likeness (QED) is 0.723. The molecule has 100 valence electrons. The van der Waals surface area contributed by atoms with Crippen LogP contribution >= 0.6 is 23.4 Å². The zero-order valence-corrected chi connectivity index (χ0v) is 12.1. The molecule has 18 heavy (non-hydrogen) atoms. The summed E-state index contributed by atoms with van der Waals surface area (Å²) in [6.07, 6.45) is 1.73. The Kier molecular flexibility index (Phi) is 7.16. The highest BCUT2D eigenvalue weighted by molar-refractivity contribution is 7.99. The number of primary amides is 1. The molecule has 1 atom stereocenters. The van der Waals surface area contributed by atoms with Gasteiger partial charge in [0.2, 0.25) is 5.91 Å². The topological polar surface area (TPSA) is 55.1 Å². The predicted molar refractivity (Wildman–Crippen MR) is 78.1 cm³/mol. The number of nitrogens with one attached hydrogen (secondary N) is 1. The van der Waals surface area contributed by atoms with Gasteiger partial charge in [0.1, 0.15) is 0 Å². The monoisotopic (exact) mass is 286 g/mol. The molecular weight excluding hydrogens is 268 g/mol. The molecule has 5 heteroatoms. The number of hydrogen-bond donors (Lipinski definition) is 2. The zero-order chi connectivity index (χ0) is 13.4. The second-order valence-electron chi connectivity index (χ2n) is 4.00. The second-order valence-corrected chi connectivity index (χ2v) is 5.60.